The van der Waals surface area contributed by atoms with Crippen LogP contribution >= 0.6 is 39.1 Å². The van der Waals surface area contributed by atoms with E-state index in [1.807, 2.05) is 48.5 Å². The highest BCUT2D eigenvalue weighted by molar-refractivity contribution is 9.10. The quantitative estimate of drug-likeness (QED) is 0.287. The Labute approximate surface area is 230 Å². The number of hydrogen-bond acceptors (Lipinski definition) is 3. The lowest BCUT2D eigenvalue weighted by Crippen LogP contribution is -2.51. The van der Waals surface area contributed by atoms with Crippen molar-refractivity contribution in [2.24, 2.45) is 0 Å². The van der Waals surface area contributed by atoms with E-state index in [2.05, 4.69) is 35.1 Å². The van der Waals surface area contributed by atoms with E-state index in [0.717, 1.165) is 15.6 Å². The van der Waals surface area contributed by atoms with Crippen LogP contribution in [0, 0.1) is 0 Å². The van der Waals surface area contributed by atoms with E-state index in [9.17, 15) is 9.59 Å². The molecule has 1 atom stereocenters. The molecule has 8 heteroatoms. The minimum atomic E-state index is -0.771. The molecule has 0 spiro atoms. The Morgan fingerprint density at radius 2 is 1.75 bits per heavy atom. The van der Waals surface area contributed by atoms with Crippen LogP contribution in [0.15, 0.2) is 71.2 Å². The average molecular weight is 592 g/mol. The molecule has 3 rings (SSSR count). The highest BCUT2D eigenvalue weighted by atomic mass is 79.9. The molecule has 0 aliphatic heterocycles. The molecule has 0 unspecified atom stereocenters. The van der Waals surface area contributed by atoms with E-state index in [4.69, 9.17) is 27.9 Å². The summed E-state index contributed by atoms with van der Waals surface area (Å²) in [7, 11) is 1.56. The molecule has 0 aromatic heterocycles. The number of likely N-dealkylation sites (N-methyl/N-ethyl adjacent to an activating group) is 1. The molecule has 5 nitrogen and oxygen atoms in total. The van der Waals surface area contributed by atoms with Crippen LogP contribution in [0.25, 0.3) is 0 Å². The Morgan fingerprint density at radius 1 is 1.03 bits per heavy atom. The maximum Gasteiger partial charge on any atom is 0.261 e. The molecule has 0 heterocycles. The van der Waals surface area contributed by atoms with Crippen LogP contribution in [-0.2, 0) is 22.6 Å². The molecule has 2 amide bonds. The third-order valence-electron chi connectivity index (χ3n) is 5.85. The predicted molar refractivity (Wildman–Crippen MR) is 149 cm³/mol. The summed E-state index contributed by atoms with van der Waals surface area (Å²) in [6.07, 6.45) is 0.338. The van der Waals surface area contributed by atoms with Gasteiger partial charge in [0.2, 0.25) is 5.91 Å². The van der Waals surface area contributed by atoms with Crippen LogP contribution in [0.5, 0.6) is 5.75 Å². The Bertz CT molecular complexity index is 1200. The summed E-state index contributed by atoms with van der Waals surface area (Å²) in [4.78, 5) is 28.1. The van der Waals surface area contributed by atoms with Crippen LogP contribution in [-0.4, -0.2) is 36.4 Å². The Balaban J connectivity index is 1.90. The van der Waals surface area contributed by atoms with Crippen molar-refractivity contribution >= 4 is 50.9 Å². The van der Waals surface area contributed by atoms with Gasteiger partial charge in [0.25, 0.3) is 5.91 Å². The van der Waals surface area contributed by atoms with Gasteiger partial charge in [-0.05, 0) is 62.8 Å². The zero-order valence-corrected chi connectivity index (χ0v) is 23.5. The van der Waals surface area contributed by atoms with Crippen molar-refractivity contribution in [2.75, 3.05) is 13.7 Å². The fourth-order valence-corrected chi connectivity index (χ4v) is 4.75. The summed E-state index contributed by atoms with van der Waals surface area (Å²) >= 11 is 16.0. The number of hydrogen-bond donors (Lipinski definition) is 1. The van der Waals surface area contributed by atoms with Crippen LogP contribution in [0.1, 0.15) is 36.5 Å². The molecular formula is C28H29BrCl2N2O3. The number of ether oxygens (including phenoxy) is 1. The van der Waals surface area contributed by atoms with Crippen molar-refractivity contribution < 1.29 is 14.3 Å². The number of carbonyl (C=O) groups is 2. The number of halogens is 3. The molecule has 0 radical (unpaired) electrons. The van der Waals surface area contributed by atoms with Gasteiger partial charge in [-0.1, -0.05) is 79.5 Å². The van der Waals surface area contributed by atoms with Gasteiger partial charge in [-0.3, -0.25) is 9.59 Å². The van der Waals surface area contributed by atoms with Gasteiger partial charge in [0.15, 0.2) is 6.61 Å². The van der Waals surface area contributed by atoms with Crippen LogP contribution in [0.4, 0.5) is 0 Å². The number of amides is 2. The summed E-state index contributed by atoms with van der Waals surface area (Å²) in [5.74, 6) is 0.296. The largest absolute Gasteiger partial charge is 0.483 e. The van der Waals surface area contributed by atoms with Gasteiger partial charge in [0.05, 0.1) is 4.47 Å². The first-order valence-corrected chi connectivity index (χ1v) is 13.2. The smallest absolute Gasteiger partial charge is 0.261 e. The monoisotopic (exact) mass is 590 g/mol. The first-order chi connectivity index (χ1) is 17.2. The molecule has 0 aliphatic rings. The lowest BCUT2D eigenvalue weighted by molar-refractivity contribution is -0.142. The minimum Gasteiger partial charge on any atom is -0.483 e. The first-order valence-electron chi connectivity index (χ1n) is 11.6. The van der Waals surface area contributed by atoms with Gasteiger partial charge in [0, 0.05) is 30.1 Å². The molecule has 0 fully saturated rings. The molecule has 190 valence electrons. The van der Waals surface area contributed by atoms with Crippen molar-refractivity contribution in [2.45, 2.75) is 38.8 Å². The number of nitrogens with zero attached hydrogens (tertiary/aromatic N) is 1. The number of nitrogens with one attached hydrogen (secondary N) is 1. The van der Waals surface area contributed by atoms with E-state index >= 15 is 0 Å². The van der Waals surface area contributed by atoms with Crippen LogP contribution in [0.2, 0.25) is 10.0 Å². The van der Waals surface area contributed by atoms with Crippen LogP contribution < -0.4 is 10.1 Å². The second kappa shape index (κ2) is 13.1. The maximum absolute atomic E-state index is 13.6. The topological polar surface area (TPSA) is 58.6 Å². The normalized spacial score (nSPS) is 11.8. The van der Waals surface area contributed by atoms with Crippen molar-refractivity contribution in [1.29, 1.82) is 0 Å². The molecule has 36 heavy (non-hydrogen) atoms. The molecular weight excluding hydrogens is 563 g/mol. The van der Waals surface area contributed by atoms with E-state index < -0.39 is 6.04 Å². The highest BCUT2D eigenvalue weighted by Gasteiger charge is 2.30. The molecule has 1 N–H and O–H groups in total. The first kappa shape index (κ1) is 28.0. The summed E-state index contributed by atoms with van der Waals surface area (Å²) in [5, 5.41) is 3.61. The molecule has 0 bridgehead atoms. The molecule has 0 saturated heterocycles. The molecule has 3 aromatic carbocycles. The number of benzene rings is 3. The third-order valence-corrected chi connectivity index (χ3v) is 7.05. The Hall–Kier alpha value is -2.54. The zero-order valence-electron chi connectivity index (χ0n) is 20.4. The minimum absolute atomic E-state index is 0.122. The van der Waals surface area contributed by atoms with Crippen LogP contribution in [0.3, 0.4) is 0 Å². The van der Waals surface area contributed by atoms with Crippen molar-refractivity contribution in [3.8, 4) is 5.75 Å². The summed E-state index contributed by atoms with van der Waals surface area (Å²) in [6, 6.07) is 19.7. The van der Waals surface area contributed by atoms with E-state index in [-0.39, 0.29) is 25.0 Å². The van der Waals surface area contributed by atoms with Gasteiger partial charge in [-0.15, -0.1) is 0 Å². The maximum atomic E-state index is 13.6. The lowest BCUT2D eigenvalue weighted by Gasteiger charge is -2.31. The van der Waals surface area contributed by atoms with Gasteiger partial charge in [0.1, 0.15) is 11.8 Å². The fraction of sp³-hybridized carbons (Fsp3) is 0.286. The number of carbonyl (C=O) groups excluding carboxylic acids is 2. The lowest BCUT2D eigenvalue weighted by atomic mass is 10.0. The van der Waals surface area contributed by atoms with Gasteiger partial charge in [-0.2, -0.15) is 0 Å². The fourth-order valence-electron chi connectivity index (χ4n) is 3.77. The molecule has 0 aliphatic carbocycles. The van der Waals surface area contributed by atoms with E-state index in [1.54, 1.807) is 25.2 Å². The summed E-state index contributed by atoms with van der Waals surface area (Å²) < 4.78 is 6.66. The Morgan fingerprint density at radius 3 is 2.36 bits per heavy atom. The number of rotatable bonds is 10. The van der Waals surface area contributed by atoms with E-state index in [1.165, 1.54) is 4.90 Å². The van der Waals surface area contributed by atoms with Gasteiger partial charge >= 0.3 is 0 Å². The Kier molecular flexibility index (Phi) is 10.2. The highest BCUT2D eigenvalue weighted by Crippen LogP contribution is 2.29. The third kappa shape index (κ3) is 7.48. The standard InChI is InChI=1S/C28H29BrCl2N2O3/c1-18(2)20-10-12-26(23(29)14-20)36-17-27(34)33(16-21-9-11-22(30)15-24(21)31)25(28(35)32-3)13-19-7-5-4-6-8-19/h4-12,14-15,18,25H,13,16-17H2,1-3H3,(H,32,35)/t25-/m0/s1. The van der Waals surface area contributed by atoms with E-state index in [0.29, 0.717) is 33.7 Å². The second-order valence-corrected chi connectivity index (χ2v) is 10.4. The van der Waals surface area contributed by atoms with Gasteiger partial charge < -0.3 is 15.0 Å². The SMILES string of the molecule is CNC(=O)[C@H](Cc1ccccc1)N(Cc1ccc(Cl)cc1Cl)C(=O)COc1ccc(C(C)C)cc1Br. The summed E-state index contributed by atoms with van der Waals surface area (Å²) in [5.41, 5.74) is 2.76. The molecule has 3 aromatic rings. The second-order valence-electron chi connectivity index (χ2n) is 8.71. The zero-order chi connectivity index (χ0) is 26.2. The van der Waals surface area contributed by atoms with Crippen molar-refractivity contribution in [1.82, 2.24) is 10.2 Å². The van der Waals surface area contributed by atoms with Gasteiger partial charge in [-0.25, -0.2) is 0 Å². The molecule has 0 saturated carbocycles. The predicted octanol–water partition coefficient (Wildman–Crippen LogP) is 6.64. The average Bonchev–Trinajstić information content (AvgIpc) is 2.86. The van der Waals surface area contributed by atoms with Crippen molar-refractivity contribution in [3.05, 3.63) is 97.9 Å². The van der Waals surface area contributed by atoms with Crippen molar-refractivity contribution in [3.63, 3.8) is 0 Å². The summed E-state index contributed by atoms with van der Waals surface area (Å²) in [6.45, 7) is 4.10.